The Hall–Kier alpha value is -1.46. The molecule has 0 amide bonds. The summed E-state index contributed by atoms with van der Waals surface area (Å²) in [5.41, 5.74) is 7.02. The first-order chi connectivity index (χ1) is 9.11. The fraction of sp³-hybridized carbons (Fsp3) is 0.143. The molecule has 2 rings (SSSR count). The highest BCUT2D eigenvalue weighted by Crippen LogP contribution is 2.29. The Morgan fingerprint density at radius 3 is 2.58 bits per heavy atom. The fourth-order valence-electron chi connectivity index (χ4n) is 1.66. The average Bonchev–Trinajstić information content (AvgIpc) is 2.41. The van der Waals surface area contributed by atoms with Gasteiger partial charge in [0.25, 0.3) is 0 Å². The van der Waals surface area contributed by atoms with Gasteiger partial charge in [0.05, 0.1) is 4.47 Å². The summed E-state index contributed by atoms with van der Waals surface area (Å²) in [7, 11) is 0. The third-order valence-electron chi connectivity index (χ3n) is 2.64. The molecule has 2 nitrogen and oxygen atoms in total. The molecule has 2 N–H and O–H groups in total. The number of para-hydroxylation sites is 1. The molecule has 0 aliphatic carbocycles. The van der Waals surface area contributed by atoms with Gasteiger partial charge in [-0.15, -0.1) is 0 Å². The lowest BCUT2D eigenvalue weighted by Crippen LogP contribution is -2.03. The van der Waals surface area contributed by atoms with Crippen molar-refractivity contribution in [1.29, 1.82) is 0 Å². The van der Waals surface area contributed by atoms with Crippen molar-refractivity contribution in [3.8, 4) is 5.75 Å². The average molecular weight is 328 g/mol. The van der Waals surface area contributed by atoms with Crippen LogP contribution in [0.3, 0.4) is 0 Å². The molecule has 0 spiro atoms. The Kier molecular flexibility index (Phi) is 4.50. The van der Waals surface area contributed by atoms with Crippen LogP contribution in [0.5, 0.6) is 5.75 Å². The predicted molar refractivity (Wildman–Crippen MR) is 72.7 cm³/mol. The summed E-state index contributed by atoms with van der Waals surface area (Å²) in [4.78, 5) is 0. The molecular weight excluding hydrogens is 316 g/mol. The Labute approximate surface area is 118 Å². The second kappa shape index (κ2) is 6.12. The van der Waals surface area contributed by atoms with Crippen LogP contribution in [0.15, 0.2) is 40.9 Å². The van der Waals surface area contributed by atoms with Crippen molar-refractivity contribution in [2.24, 2.45) is 5.73 Å². The van der Waals surface area contributed by atoms with Gasteiger partial charge in [-0.2, -0.15) is 0 Å². The Morgan fingerprint density at radius 1 is 1.11 bits per heavy atom. The largest absolute Gasteiger partial charge is 0.487 e. The van der Waals surface area contributed by atoms with Crippen LogP contribution in [0.1, 0.15) is 11.1 Å². The lowest BCUT2D eigenvalue weighted by molar-refractivity contribution is 0.300. The van der Waals surface area contributed by atoms with E-state index in [1.807, 2.05) is 18.2 Å². The van der Waals surface area contributed by atoms with Crippen LogP contribution in [-0.4, -0.2) is 0 Å². The van der Waals surface area contributed by atoms with Crippen LogP contribution in [-0.2, 0) is 13.2 Å². The second-order valence-electron chi connectivity index (χ2n) is 3.97. The Bertz CT molecular complexity index is 590. The molecule has 0 radical (unpaired) electrons. The van der Waals surface area contributed by atoms with Crippen LogP contribution < -0.4 is 10.5 Å². The zero-order chi connectivity index (χ0) is 13.8. The molecule has 0 aromatic heterocycles. The van der Waals surface area contributed by atoms with Gasteiger partial charge < -0.3 is 10.5 Å². The zero-order valence-electron chi connectivity index (χ0n) is 10.00. The maximum Gasteiger partial charge on any atom is 0.159 e. The number of hydrogen-bond acceptors (Lipinski definition) is 2. The van der Waals surface area contributed by atoms with E-state index in [4.69, 9.17) is 10.5 Å². The van der Waals surface area contributed by atoms with Crippen molar-refractivity contribution < 1.29 is 13.5 Å². The number of rotatable bonds is 4. The van der Waals surface area contributed by atoms with Crippen molar-refractivity contribution >= 4 is 15.9 Å². The molecule has 0 fully saturated rings. The van der Waals surface area contributed by atoms with Crippen molar-refractivity contribution in [1.82, 2.24) is 0 Å². The van der Waals surface area contributed by atoms with E-state index in [2.05, 4.69) is 15.9 Å². The summed E-state index contributed by atoms with van der Waals surface area (Å²) in [6, 6.07) is 9.23. The summed E-state index contributed by atoms with van der Waals surface area (Å²) in [5.74, 6) is -1.13. The van der Waals surface area contributed by atoms with E-state index in [9.17, 15) is 8.78 Å². The third-order valence-corrected chi connectivity index (χ3v) is 3.26. The van der Waals surface area contributed by atoms with Gasteiger partial charge in [0.15, 0.2) is 11.6 Å². The molecule has 0 aliphatic heterocycles. The smallest absolute Gasteiger partial charge is 0.159 e. The van der Waals surface area contributed by atoms with E-state index in [-0.39, 0.29) is 6.61 Å². The molecule has 0 bridgehead atoms. The van der Waals surface area contributed by atoms with Gasteiger partial charge in [-0.25, -0.2) is 8.78 Å². The first-order valence-corrected chi connectivity index (χ1v) is 6.45. The minimum absolute atomic E-state index is 0.146. The van der Waals surface area contributed by atoms with Crippen molar-refractivity contribution in [3.63, 3.8) is 0 Å². The van der Waals surface area contributed by atoms with Crippen LogP contribution >= 0.6 is 15.9 Å². The Morgan fingerprint density at radius 2 is 1.89 bits per heavy atom. The summed E-state index contributed by atoms with van der Waals surface area (Å²) in [6.07, 6.45) is 0. The minimum atomic E-state index is -0.882. The highest BCUT2D eigenvalue weighted by atomic mass is 79.9. The van der Waals surface area contributed by atoms with Crippen LogP contribution in [0.25, 0.3) is 0 Å². The van der Waals surface area contributed by atoms with E-state index >= 15 is 0 Å². The number of hydrogen-bond donors (Lipinski definition) is 1. The highest BCUT2D eigenvalue weighted by Gasteiger charge is 2.08. The van der Waals surface area contributed by atoms with E-state index < -0.39 is 11.6 Å². The number of halogens is 3. The van der Waals surface area contributed by atoms with Crippen LogP contribution in [0, 0.1) is 11.6 Å². The SMILES string of the molecule is NCc1cccc(Br)c1OCc1ccc(F)c(F)c1. The summed E-state index contributed by atoms with van der Waals surface area (Å²) >= 11 is 3.37. The molecule has 0 atom stereocenters. The maximum absolute atomic E-state index is 13.1. The molecule has 0 unspecified atom stereocenters. The number of nitrogens with two attached hydrogens (primary N) is 1. The quantitative estimate of drug-likeness (QED) is 0.927. The normalized spacial score (nSPS) is 10.5. The predicted octanol–water partition coefficient (Wildman–Crippen LogP) is 3.77. The van der Waals surface area contributed by atoms with Crippen molar-refractivity contribution in [2.75, 3.05) is 0 Å². The van der Waals surface area contributed by atoms with Crippen molar-refractivity contribution in [3.05, 3.63) is 63.6 Å². The highest BCUT2D eigenvalue weighted by molar-refractivity contribution is 9.10. The van der Waals surface area contributed by atoms with E-state index in [0.29, 0.717) is 17.9 Å². The van der Waals surface area contributed by atoms with Gasteiger partial charge in [0.2, 0.25) is 0 Å². The molecule has 0 aliphatic rings. The number of benzene rings is 2. The summed E-state index contributed by atoms with van der Waals surface area (Å²) in [6.45, 7) is 0.485. The molecule has 2 aromatic carbocycles. The van der Waals surface area contributed by atoms with Gasteiger partial charge in [0.1, 0.15) is 12.4 Å². The number of ether oxygens (including phenoxy) is 1. The molecular formula is C14H12BrF2NO. The Balaban J connectivity index is 2.16. The standard InChI is InChI=1S/C14H12BrF2NO/c15-11-3-1-2-10(7-18)14(11)19-8-9-4-5-12(16)13(17)6-9/h1-6H,7-8,18H2. The second-order valence-corrected chi connectivity index (χ2v) is 4.82. The van der Waals surface area contributed by atoms with Gasteiger partial charge in [-0.05, 0) is 39.7 Å². The zero-order valence-corrected chi connectivity index (χ0v) is 11.6. The monoisotopic (exact) mass is 327 g/mol. The third kappa shape index (κ3) is 3.30. The van der Waals surface area contributed by atoms with E-state index in [1.165, 1.54) is 6.07 Å². The fourth-order valence-corrected chi connectivity index (χ4v) is 2.18. The first kappa shape index (κ1) is 14.0. The van der Waals surface area contributed by atoms with Gasteiger partial charge in [0, 0.05) is 12.1 Å². The van der Waals surface area contributed by atoms with E-state index in [0.717, 1.165) is 22.2 Å². The topological polar surface area (TPSA) is 35.2 Å². The summed E-state index contributed by atoms with van der Waals surface area (Å²) < 4.78 is 32.3. The van der Waals surface area contributed by atoms with E-state index in [1.54, 1.807) is 0 Å². The van der Waals surface area contributed by atoms with Crippen LogP contribution in [0.4, 0.5) is 8.78 Å². The summed E-state index contributed by atoms with van der Waals surface area (Å²) in [5, 5.41) is 0. The molecule has 2 aromatic rings. The van der Waals surface area contributed by atoms with Gasteiger partial charge in [-0.3, -0.25) is 0 Å². The lowest BCUT2D eigenvalue weighted by atomic mass is 10.2. The molecule has 19 heavy (non-hydrogen) atoms. The molecule has 0 heterocycles. The minimum Gasteiger partial charge on any atom is -0.487 e. The van der Waals surface area contributed by atoms with Crippen LogP contribution in [0.2, 0.25) is 0 Å². The van der Waals surface area contributed by atoms with Gasteiger partial charge in [-0.1, -0.05) is 18.2 Å². The molecule has 5 heteroatoms. The molecule has 0 saturated carbocycles. The lowest BCUT2D eigenvalue weighted by Gasteiger charge is -2.12. The van der Waals surface area contributed by atoms with Crippen molar-refractivity contribution in [2.45, 2.75) is 13.2 Å². The molecule has 0 saturated heterocycles. The maximum atomic E-state index is 13.1. The molecule has 100 valence electrons. The van der Waals surface area contributed by atoms with Gasteiger partial charge >= 0.3 is 0 Å². The first-order valence-electron chi connectivity index (χ1n) is 5.66.